The Kier molecular flexibility index (Phi) is 2.33. The molecule has 0 atom stereocenters. The summed E-state index contributed by atoms with van der Waals surface area (Å²) in [5.41, 5.74) is 1.33. The summed E-state index contributed by atoms with van der Waals surface area (Å²) in [4.78, 5) is 0. The topological polar surface area (TPSA) is 40.5 Å². The van der Waals surface area contributed by atoms with Crippen LogP contribution in [0.5, 0.6) is 11.5 Å². The van der Waals surface area contributed by atoms with Crippen molar-refractivity contribution in [3.05, 3.63) is 33.3 Å². The van der Waals surface area contributed by atoms with Crippen LogP contribution in [0.15, 0.2) is 12.2 Å². The van der Waals surface area contributed by atoms with Gasteiger partial charge in [0.25, 0.3) is 0 Å². The van der Waals surface area contributed by atoms with Crippen LogP contribution in [0.1, 0.15) is 11.1 Å². The highest BCUT2D eigenvalue weighted by atomic mass is 35.5. The lowest BCUT2D eigenvalue weighted by Crippen LogP contribution is -1.99. The highest BCUT2D eigenvalue weighted by molar-refractivity contribution is 6.44. The Labute approximate surface area is 91.4 Å². The van der Waals surface area contributed by atoms with Gasteiger partial charge in [-0.2, -0.15) is 0 Å². The molecule has 2 nitrogen and oxygen atoms in total. The molecule has 14 heavy (non-hydrogen) atoms. The van der Waals surface area contributed by atoms with Gasteiger partial charge in [0, 0.05) is 11.1 Å². The first-order chi connectivity index (χ1) is 6.63. The minimum atomic E-state index is -0.0196. The average Bonchev–Trinajstić information content (AvgIpc) is 2.23. The highest BCUT2D eigenvalue weighted by Gasteiger charge is 2.21. The fourth-order valence-electron chi connectivity index (χ4n) is 1.60. The van der Waals surface area contributed by atoms with Gasteiger partial charge in [-0.05, 0) is 12.8 Å². The standard InChI is InChI=1S/C10H8Cl2O2/c11-7-8(12)10(14)6-4-2-1-3-5(6)9(7)13/h1-2,13-14H,3-4H2. The predicted molar refractivity (Wildman–Crippen MR) is 56.3 cm³/mol. The van der Waals surface area contributed by atoms with Gasteiger partial charge in [0.15, 0.2) is 0 Å². The number of halogens is 2. The number of hydrogen-bond acceptors (Lipinski definition) is 2. The number of phenolic OH excluding ortho intramolecular Hbond substituents is 2. The van der Waals surface area contributed by atoms with E-state index in [4.69, 9.17) is 23.2 Å². The van der Waals surface area contributed by atoms with Crippen molar-refractivity contribution in [2.45, 2.75) is 12.8 Å². The van der Waals surface area contributed by atoms with E-state index in [0.717, 1.165) is 0 Å². The first-order valence-corrected chi connectivity index (χ1v) is 4.94. The van der Waals surface area contributed by atoms with Crippen LogP contribution in [-0.2, 0) is 12.8 Å². The lowest BCUT2D eigenvalue weighted by atomic mass is 9.95. The van der Waals surface area contributed by atoms with Crippen LogP contribution in [-0.4, -0.2) is 10.2 Å². The van der Waals surface area contributed by atoms with E-state index in [1.807, 2.05) is 12.2 Å². The van der Waals surface area contributed by atoms with Gasteiger partial charge in [0.05, 0.1) is 0 Å². The molecule has 0 unspecified atom stereocenters. The number of phenols is 2. The van der Waals surface area contributed by atoms with Crippen molar-refractivity contribution in [1.29, 1.82) is 0 Å². The number of fused-ring (bicyclic) bond motifs is 1. The second kappa shape index (κ2) is 3.37. The van der Waals surface area contributed by atoms with Crippen LogP contribution in [0.4, 0.5) is 0 Å². The molecule has 0 heterocycles. The summed E-state index contributed by atoms with van der Waals surface area (Å²) in [7, 11) is 0. The monoisotopic (exact) mass is 230 g/mol. The Morgan fingerprint density at radius 1 is 0.857 bits per heavy atom. The van der Waals surface area contributed by atoms with Gasteiger partial charge in [-0.15, -0.1) is 0 Å². The molecule has 2 N–H and O–H groups in total. The zero-order chi connectivity index (χ0) is 10.3. The molecule has 1 aliphatic rings. The normalized spacial score (nSPS) is 14.1. The molecule has 0 saturated heterocycles. The van der Waals surface area contributed by atoms with Crippen LogP contribution in [0.25, 0.3) is 0 Å². The van der Waals surface area contributed by atoms with Crippen molar-refractivity contribution >= 4 is 23.2 Å². The summed E-state index contributed by atoms with van der Waals surface area (Å²) in [5.74, 6) is -0.0392. The summed E-state index contributed by atoms with van der Waals surface area (Å²) in [6.45, 7) is 0. The SMILES string of the molecule is Oc1c(Cl)c(Cl)c(O)c2c1CC=CC2. The molecule has 0 saturated carbocycles. The maximum Gasteiger partial charge on any atom is 0.139 e. The van der Waals surface area contributed by atoms with Gasteiger partial charge in [0.2, 0.25) is 0 Å². The number of rotatable bonds is 0. The van der Waals surface area contributed by atoms with Gasteiger partial charge in [-0.3, -0.25) is 0 Å². The number of hydrogen-bond donors (Lipinski definition) is 2. The second-order valence-electron chi connectivity index (χ2n) is 3.16. The Balaban J connectivity index is 2.74. The molecular weight excluding hydrogens is 223 g/mol. The van der Waals surface area contributed by atoms with Crippen molar-refractivity contribution in [2.75, 3.05) is 0 Å². The third kappa shape index (κ3) is 1.26. The molecule has 0 aromatic heterocycles. The van der Waals surface area contributed by atoms with Crippen molar-refractivity contribution in [3.63, 3.8) is 0 Å². The Hall–Kier alpha value is -0.860. The van der Waals surface area contributed by atoms with E-state index in [0.29, 0.717) is 24.0 Å². The minimum Gasteiger partial charge on any atom is -0.506 e. The molecule has 1 aromatic carbocycles. The van der Waals surface area contributed by atoms with E-state index < -0.39 is 0 Å². The molecular formula is C10H8Cl2O2. The van der Waals surface area contributed by atoms with Crippen molar-refractivity contribution in [2.24, 2.45) is 0 Å². The molecule has 1 aromatic rings. The summed E-state index contributed by atoms with van der Waals surface area (Å²) in [6, 6.07) is 0. The van der Waals surface area contributed by atoms with Gasteiger partial charge < -0.3 is 10.2 Å². The number of allylic oxidation sites excluding steroid dienone is 2. The quantitative estimate of drug-likeness (QED) is 0.532. The van der Waals surface area contributed by atoms with Crippen LogP contribution >= 0.6 is 23.2 Å². The Morgan fingerprint density at radius 2 is 1.21 bits per heavy atom. The predicted octanol–water partition coefficient (Wildman–Crippen LogP) is 3.06. The first-order valence-electron chi connectivity index (χ1n) is 4.18. The fourth-order valence-corrected chi connectivity index (χ4v) is 2.01. The lowest BCUT2D eigenvalue weighted by Gasteiger charge is -2.16. The van der Waals surface area contributed by atoms with E-state index in [9.17, 15) is 10.2 Å². The van der Waals surface area contributed by atoms with Gasteiger partial charge in [-0.1, -0.05) is 35.4 Å². The van der Waals surface area contributed by atoms with Crippen LogP contribution < -0.4 is 0 Å². The van der Waals surface area contributed by atoms with Crippen LogP contribution in [0, 0.1) is 0 Å². The van der Waals surface area contributed by atoms with Crippen molar-refractivity contribution < 1.29 is 10.2 Å². The van der Waals surface area contributed by atoms with E-state index >= 15 is 0 Å². The molecule has 1 aliphatic carbocycles. The Bertz CT molecular complexity index is 386. The maximum atomic E-state index is 9.69. The van der Waals surface area contributed by atoms with E-state index in [1.54, 1.807) is 0 Å². The second-order valence-corrected chi connectivity index (χ2v) is 3.92. The van der Waals surface area contributed by atoms with Gasteiger partial charge >= 0.3 is 0 Å². The lowest BCUT2D eigenvalue weighted by molar-refractivity contribution is 0.450. The Morgan fingerprint density at radius 3 is 1.57 bits per heavy atom. The summed E-state index contributed by atoms with van der Waals surface area (Å²) < 4.78 is 0. The molecule has 0 spiro atoms. The molecule has 0 radical (unpaired) electrons. The third-order valence-electron chi connectivity index (χ3n) is 2.36. The zero-order valence-corrected chi connectivity index (χ0v) is 8.73. The van der Waals surface area contributed by atoms with Gasteiger partial charge in [-0.25, -0.2) is 0 Å². The minimum absolute atomic E-state index is 0.0196. The molecule has 0 aliphatic heterocycles. The van der Waals surface area contributed by atoms with Crippen LogP contribution in [0.3, 0.4) is 0 Å². The average molecular weight is 231 g/mol. The van der Waals surface area contributed by atoms with E-state index in [1.165, 1.54) is 0 Å². The third-order valence-corrected chi connectivity index (χ3v) is 3.19. The molecule has 0 bridgehead atoms. The molecule has 4 heteroatoms. The van der Waals surface area contributed by atoms with Crippen molar-refractivity contribution in [3.8, 4) is 11.5 Å². The fraction of sp³-hybridized carbons (Fsp3) is 0.200. The molecule has 74 valence electrons. The van der Waals surface area contributed by atoms with Crippen LogP contribution in [0.2, 0.25) is 10.0 Å². The van der Waals surface area contributed by atoms with E-state index in [2.05, 4.69) is 0 Å². The largest absolute Gasteiger partial charge is 0.506 e. The summed E-state index contributed by atoms with van der Waals surface area (Å²) in [5, 5.41) is 19.4. The number of benzene rings is 1. The summed E-state index contributed by atoms with van der Waals surface area (Å²) >= 11 is 11.5. The molecule has 0 amide bonds. The number of aromatic hydroxyl groups is 2. The molecule has 0 fully saturated rings. The van der Waals surface area contributed by atoms with E-state index in [-0.39, 0.29) is 21.5 Å². The zero-order valence-electron chi connectivity index (χ0n) is 7.22. The smallest absolute Gasteiger partial charge is 0.139 e. The van der Waals surface area contributed by atoms with Gasteiger partial charge in [0.1, 0.15) is 21.5 Å². The first kappa shape index (κ1) is 9.69. The maximum absolute atomic E-state index is 9.69. The summed E-state index contributed by atoms with van der Waals surface area (Å²) in [6.07, 6.45) is 4.99. The van der Waals surface area contributed by atoms with Crippen molar-refractivity contribution in [1.82, 2.24) is 0 Å². The molecule has 2 rings (SSSR count). The highest BCUT2D eigenvalue weighted by Crippen LogP contribution is 2.45.